The number of hydrogen-bond donors (Lipinski definition) is 2. The maximum atomic E-state index is 12.0. The molecule has 0 aliphatic heterocycles. The van der Waals surface area contributed by atoms with Crippen LogP contribution in [0.15, 0.2) is 53.4 Å². The summed E-state index contributed by atoms with van der Waals surface area (Å²) >= 11 is 1.64. The number of rotatable bonds is 5. The smallest absolute Gasteiger partial charge is 0.251 e. The first-order chi connectivity index (χ1) is 10.6. The van der Waals surface area contributed by atoms with Gasteiger partial charge >= 0.3 is 0 Å². The number of aryl methyl sites for hydroxylation is 1. The molecule has 0 radical (unpaired) electrons. The van der Waals surface area contributed by atoms with Crippen molar-refractivity contribution in [2.75, 3.05) is 18.1 Å². The Morgan fingerprint density at radius 1 is 1.05 bits per heavy atom. The van der Waals surface area contributed by atoms with E-state index in [1.54, 1.807) is 23.9 Å². The van der Waals surface area contributed by atoms with Gasteiger partial charge in [0.1, 0.15) is 0 Å². The van der Waals surface area contributed by atoms with Gasteiger partial charge in [0.05, 0.1) is 6.54 Å². The lowest BCUT2D eigenvalue weighted by atomic mass is 10.1. The van der Waals surface area contributed by atoms with Crippen LogP contribution < -0.4 is 10.6 Å². The Hall–Kier alpha value is -2.27. The van der Waals surface area contributed by atoms with E-state index in [2.05, 4.69) is 10.6 Å². The highest BCUT2D eigenvalue weighted by Gasteiger charge is 2.10. The predicted octanol–water partition coefficient (Wildman–Crippen LogP) is 3.09. The second-order valence-corrected chi connectivity index (χ2v) is 5.65. The van der Waals surface area contributed by atoms with Gasteiger partial charge in [-0.05, 0) is 49.1 Å². The molecule has 0 fully saturated rings. The first-order valence-corrected chi connectivity index (χ1v) is 8.10. The minimum Gasteiger partial charge on any atom is -0.343 e. The minimum atomic E-state index is -0.251. The number of benzene rings is 2. The van der Waals surface area contributed by atoms with Gasteiger partial charge < -0.3 is 10.6 Å². The lowest BCUT2D eigenvalue weighted by Crippen LogP contribution is -2.33. The first-order valence-electron chi connectivity index (χ1n) is 6.88. The van der Waals surface area contributed by atoms with Crippen LogP contribution in [0.3, 0.4) is 0 Å². The molecule has 22 heavy (non-hydrogen) atoms. The SMILES string of the molecule is CSc1ccc(NC(=O)CNC(=O)c2ccccc2C)cc1. The third-order valence-electron chi connectivity index (χ3n) is 3.17. The van der Waals surface area contributed by atoms with Gasteiger partial charge in [0.15, 0.2) is 0 Å². The van der Waals surface area contributed by atoms with E-state index in [0.717, 1.165) is 10.5 Å². The van der Waals surface area contributed by atoms with Crippen LogP contribution in [-0.2, 0) is 4.79 Å². The van der Waals surface area contributed by atoms with Crippen LogP contribution in [0.2, 0.25) is 0 Å². The average Bonchev–Trinajstić information content (AvgIpc) is 2.54. The van der Waals surface area contributed by atoms with Gasteiger partial charge in [0.2, 0.25) is 5.91 Å². The van der Waals surface area contributed by atoms with Crippen molar-refractivity contribution in [1.29, 1.82) is 0 Å². The van der Waals surface area contributed by atoms with Gasteiger partial charge in [-0.1, -0.05) is 18.2 Å². The van der Waals surface area contributed by atoms with Gasteiger partial charge in [0.25, 0.3) is 5.91 Å². The summed E-state index contributed by atoms with van der Waals surface area (Å²) in [6.45, 7) is 1.81. The molecular weight excluding hydrogens is 296 g/mol. The highest BCUT2D eigenvalue weighted by molar-refractivity contribution is 7.98. The van der Waals surface area contributed by atoms with E-state index in [-0.39, 0.29) is 18.4 Å². The maximum absolute atomic E-state index is 12.0. The summed E-state index contributed by atoms with van der Waals surface area (Å²) in [5.41, 5.74) is 2.18. The molecule has 0 spiro atoms. The van der Waals surface area contributed by atoms with Crippen LogP contribution in [0.1, 0.15) is 15.9 Å². The number of carbonyl (C=O) groups excluding carboxylic acids is 2. The molecule has 114 valence electrons. The summed E-state index contributed by atoms with van der Waals surface area (Å²) < 4.78 is 0. The van der Waals surface area contributed by atoms with Gasteiger partial charge in [-0.25, -0.2) is 0 Å². The quantitative estimate of drug-likeness (QED) is 0.834. The molecular formula is C17H18N2O2S. The molecule has 0 saturated heterocycles. The van der Waals surface area contributed by atoms with Crippen molar-refractivity contribution >= 4 is 29.3 Å². The summed E-state index contributed by atoms with van der Waals surface area (Å²) in [6.07, 6.45) is 1.99. The van der Waals surface area contributed by atoms with Crippen LogP contribution >= 0.6 is 11.8 Å². The van der Waals surface area contributed by atoms with Crippen molar-refractivity contribution in [3.8, 4) is 0 Å². The minimum absolute atomic E-state index is 0.0581. The zero-order chi connectivity index (χ0) is 15.9. The van der Waals surface area contributed by atoms with Crippen LogP contribution in [-0.4, -0.2) is 24.6 Å². The standard InChI is InChI=1S/C17H18N2O2S/c1-12-5-3-4-6-15(12)17(21)18-11-16(20)19-13-7-9-14(22-2)10-8-13/h3-10H,11H2,1-2H3,(H,18,21)(H,19,20). The third-order valence-corrected chi connectivity index (χ3v) is 3.92. The van der Waals surface area contributed by atoms with Gasteiger partial charge in [0, 0.05) is 16.1 Å². The Balaban J connectivity index is 1.87. The molecule has 5 heteroatoms. The van der Waals surface area contributed by atoms with E-state index >= 15 is 0 Å². The van der Waals surface area contributed by atoms with E-state index in [4.69, 9.17) is 0 Å². The molecule has 0 heterocycles. The van der Waals surface area contributed by atoms with Crippen molar-refractivity contribution in [2.45, 2.75) is 11.8 Å². The van der Waals surface area contributed by atoms with Crippen LogP contribution in [0.4, 0.5) is 5.69 Å². The Kier molecular flexibility index (Phi) is 5.61. The van der Waals surface area contributed by atoms with E-state index in [1.165, 1.54) is 0 Å². The van der Waals surface area contributed by atoms with Gasteiger partial charge in [-0.15, -0.1) is 11.8 Å². The van der Waals surface area contributed by atoms with Crippen molar-refractivity contribution in [3.63, 3.8) is 0 Å². The monoisotopic (exact) mass is 314 g/mol. The molecule has 0 aromatic heterocycles. The number of nitrogens with one attached hydrogen (secondary N) is 2. The highest BCUT2D eigenvalue weighted by Crippen LogP contribution is 2.17. The molecule has 2 amide bonds. The fourth-order valence-electron chi connectivity index (χ4n) is 1.96. The third kappa shape index (κ3) is 4.36. The lowest BCUT2D eigenvalue weighted by molar-refractivity contribution is -0.115. The van der Waals surface area contributed by atoms with Crippen molar-refractivity contribution < 1.29 is 9.59 Å². The molecule has 2 aromatic carbocycles. The Bertz CT molecular complexity index is 669. The van der Waals surface area contributed by atoms with Crippen LogP contribution in [0, 0.1) is 6.92 Å². The van der Waals surface area contributed by atoms with Gasteiger partial charge in [-0.2, -0.15) is 0 Å². The topological polar surface area (TPSA) is 58.2 Å². The Labute approximate surface area is 134 Å². The molecule has 2 N–H and O–H groups in total. The number of amides is 2. The molecule has 0 aliphatic rings. The zero-order valence-electron chi connectivity index (χ0n) is 12.6. The summed E-state index contributed by atoms with van der Waals surface area (Å²) in [7, 11) is 0. The Morgan fingerprint density at radius 3 is 2.36 bits per heavy atom. The van der Waals surface area contributed by atoms with Gasteiger partial charge in [-0.3, -0.25) is 9.59 Å². The second kappa shape index (κ2) is 7.66. The zero-order valence-corrected chi connectivity index (χ0v) is 13.4. The van der Waals surface area contributed by atoms with Crippen molar-refractivity contribution in [3.05, 3.63) is 59.7 Å². The molecule has 0 saturated carbocycles. The molecule has 0 aliphatic carbocycles. The molecule has 2 rings (SSSR count). The first kappa shape index (κ1) is 16.1. The van der Waals surface area contributed by atoms with E-state index in [0.29, 0.717) is 11.3 Å². The molecule has 2 aromatic rings. The normalized spacial score (nSPS) is 10.1. The largest absolute Gasteiger partial charge is 0.343 e. The maximum Gasteiger partial charge on any atom is 0.251 e. The molecule has 0 bridgehead atoms. The number of thioether (sulfide) groups is 1. The average molecular weight is 314 g/mol. The van der Waals surface area contributed by atoms with E-state index in [1.807, 2.05) is 49.6 Å². The van der Waals surface area contributed by atoms with Crippen molar-refractivity contribution in [1.82, 2.24) is 5.32 Å². The Morgan fingerprint density at radius 2 is 1.73 bits per heavy atom. The fourth-order valence-corrected chi connectivity index (χ4v) is 2.37. The van der Waals surface area contributed by atoms with E-state index in [9.17, 15) is 9.59 Å². The highest BCUT2D eigenvalue weighted by atomic mass is 32.2. The fraction of sp³-hybridized carbons (Fsp3) is 0.176. The van der Waals surface area contributed by atoms with E-state index < -0.39 is 0 Å². The molecule has 0 atom stereocenters. The number of anilines is 1. The predicted molar refractivity (Wildman–Crippen MR) is 90.4 cm³/mol. The van der Waals surface area contributed by atoms with Crippen LogP contribution in [0.25, 0.3) is 0 Å². The number of hydrogen-bond acceptors (Lipinski definition) is 3. The molecule has 4 nitrogen and oxygen atoms in total. The second-order valence-electron chi connectivity index (χ2n) is 4.77. The summed E-state index contributed by atoms with van der Waals surface area (Å²) in [6, 6.07) is 14.8. The summed E-state index contributed by atoms with van der Waals surface area (Å²) in [5, 5.41) is 5.38. The number of carbonyl (C=O) groups is 2. The lowest BCUT2D eigenvalue weighted by Gasteiger charge is -2.08. The van der Waals surface area contributed by atoms with Crippen LogP contribution in [0.5, 0.6) is 0 Å². The molecule has 0 unspecified atom stereocenters. The summed E-state index contributed by atoms with van der Waals surface area (Å²) in [5.74, 6) is -0.496. The van der Waals surface area contributed by atoms with Crippen molar-refractivity contribution in [2.24, 2.45) is 0 Å². The summed E-state index contributed by atoms with van der Waals surface area (Å²) in [4.78, 5) is 25.0.